The lowest BCUT2D eigenvalue weighted by Crippen LogP contribution is -2.34. The van der Waals surface area contributed by atoms with E-state index in [2.05, 4.69) is 45.1 Å². The highest BCUT2D eigenvalue weighted by molar-refractivity contribution is 5.75. The average Bonchev–Trinajstić information content (AvgIpc) is 3.20. The van der Waals surface area contributed by atoms with Crippen LogP contribution in [0.2, 0.25) is 0 Å². The molecule has 1 N–H and O–H groups in total. The van der Waals surface area contributed by atoms with E-state index in [9.17, 15) is 4.79 Å². The van der Waals surface area contributed by atoms with E-state index in [4.69, 9.17) is 4.98 Å². The molecule has 8 nitrogen and oxygen atoms in total. The van der Waals surface area contributed by atoms with Crippen LogP contribution in [0.15, 0.2) is 30.3 Å². The molecule has 0 fully saturated rings. The Bertz CT molecular complexity index is 972. The van der Waals surface area contributed by atoms with E-state index < -0.39 is 0 Å². The second kappa shape index (κ2) is 7.03. The summed E-state index contributed by atoms with van der Waals surface area (Å²) < 4.78 is 4.21. The average molecular weight is 367 g/mol. The highest BCUT2D eigenvalue weighted by Crippen LogP contribution is 2.19. The largest absolute Gasteiger partial charge is 0.332 e. The molecule has 27 heavy (non-hydrogen) atoms. The first kappa shape index (κ1) is 17.5. The first-order chi connectivity index (χ1) is 13.0. The fourth-order valence-corrected chi connectivity index (χ4v) is 3.46. The highest BCUT2D eigenvalue weighted by atomic mass is 16.2. The number of nitrogens with one attached hydrogen (secondary N) is 1. The van der Waals surface area contributed by atoms with Crippen LogP contribution < -0.4 is 5.32 Å². The quantitative estimate of drug-likeness (QED) is 0.760. The van der Waals surface area contributed by atoms with Gasteiger partial charge in [0.1, 0.15) is 5.82 Å². The van der Waals surface area contributed by atoms with Gasteiger partial charge in [0, 0.05) is 34.2 Å². The molecule has 0 atom stereocenters. The molecule has 0 unspecified atom stereocenters. The van der Waals surface area contributed by atoms with E-state index in [0.29, 0.717) is 6.54 Å². The van der Waals surface area contributed by atoms with Gasteiger partial charge in [-0.15, -0.1) is 0 Å². The van der Waals surface area contributed by atoms with Crippen LogP contribution in [0.25, 0.3) is 11.0 Å². The Morgan fingerprint density at radius 3 is 2.85 bits per heavy atom. The molecule has 0 saturated heterocycles. The Labute approximate surface area is 158 Å². The van der Waals surface area contributed by atoms with Crippen molar-refractivity contribution >= 4 is 17.1 Å². The van der Waals surface area contributed by atoms with E-state index in [1.54, 1.807) is 14.1 Å². The van der Waals surface area contributed by atoms with Crippen molar-refractivity contribution in [2.75, 3.05) is 20.6 Å². The van der Waals surface area contributed by atoms with Crippen molar-refractivity contribution in [3.63, 3.8) is 0 Å². The normalized spacial score (nSPS) is 14.3. The maximum Gasteiger partial charge on any atom is 0.317 e. The molecule has 2 amide bonds. The third-order valence-corrected chi connectivity index (χ3v) is 5.00. The van der Waals surface area contributed by atoms with Gasteiger partial charge >= 0.3 is 6.03 Å². The van der Waals surface area contributed by atoms with E-state index in [-0.39, 0.29) is 6.03 Å². The van der Waals surface area contributed by atoms with Crippen molar-refractivity contribution in [3.8, 4) is 0 Å². The van der Waals surface area contributed by atoms with Crippen molar-refractivity contribution in [2.24, 2.45) is 7.05 Å². The molecule has 1 aliphatic heterocycles. The summed E-state index contributed by atoms with van der Waals surface area (Å²) >= 11 is 0. The van der Waals surface area contributed by atoms with Gasteiger partial charge < -0.3 is 14.8 Å². The number of nitrogens with zero attached hydrogens (tertiary/aromatic N) is 6. The first-order valence-electron chi connectivity index (χ1n) is 9.14. The van der Waals surface area contributed by atoms with Crippen LogP contribution in [0.4, 0.5) is 4.79 Å². The predicted octanol–water partition coefficient (Wildman–Crippen LogP) is 1.56. The molecule has 0 bridgehead atoms. The van der Waals surface area contributed by atoms with Crippen molar-refractivity contribution in [3.05, 3.63) is 47.5 Å². The summed E-state index contributed by atoms with van der Waals surface area (Å²) in [5.41, 5.74) is 4.27. The van der Waals surface area contributed by atoms with Gasteiger partial charge in [-0.2, -0.15) is 5.10 Å². The van der Waals surface area contributed by atoms with Gasteiger partial charge in [-0.05, 0) is 18.2 Å². The zero-order valence-electron chi connectivity index (χ0n) is 16.0. The molecule has 3 heterocycles. The number of rotatable bonds is 4. The number of imidazole rings is 1. The molecule has 8 heteroatoms. The lowest BCUT2D eigenvalue weighted by molar-refractivity contribution is 0.199. The van der Waals surface area contributed by atoms with Gasteiger partial charge in [0.05, 0.1) is 42.1 Å². The molecular weight excluding hydrogens is 342 g/mol. The van der Waals surface area contributed by atoms with Crippen LogP contribution in [-0.4, -0.2) is 55.8 Å². The molecule has 1 aliphatic rings. The van der Waals surface area contributed by atoms with Crippen LogP contribution in [0.5, 0.6) is 0 Å². The van der Waals surface area contributed by atoms with Gasteiger partial charge in [-0.1, -0.05) is 12.1 Å². The molecule has 0 saturated carbocycles. The van der Waals surface area contributed by atoms with Crippen molar-refractivity contribution in [2.45, 2.75) is 26.2 Å². The number of carbonyl (C=O) groups is 1. The van der Waals surface area contributed by atoms with Gasteiger partial charge in [0.2, 0.25) is 0 Å². The van der Waals surface area contributed by atoms with Crippen molar-refractivity contribution in [1.29, 1.82) is 0 Å². The maximum absolute atomic E-state index is 11.7. The van der Waals surface area contributed by atoms with Crippen molar-refractivity contribution in [1.82, 2.24) is 34.4 Å². The van der Waals surface area contributed by atoms with E-state index in [1.165, 1.54) is 10.6 Å². The molecule has 142 valence electrons. The monoisotopic (exact) mass is 367 g/mol. The third-order valence-electron chi connectivity index (χ3n) is 5.00. The second-order valence-electron chi connectivity index (χ2n) is 7.19. The van der Waals surface area contributed by atoms with Crippen LogP contribution >= 0.6 is 0 Å². The van der Waals surface area contributed by atoms with Gasteiger partial charge in [-0.25, -0.2) is 9.78 Å². The summed E-state index contributed by atoms with van der Waals surface area (Å²) in [6.45, 7) is 3.87. The summed E-state index contributed by atoms with van der Waals surface area (Å²) in [5, 5.41) is 7.48. The number of aryl methyl sites for hydroxylation is 1. The van der Waals surface area contributed by atoms with E-state index in [1.807, 2.05) is 16.8 Å². The van der Waals surface area contributed by atoms with Crippen LogP contribution in [0.3, 0.4) is 0 Å². The molecule has 0 spiro atoms. The van der Waals surface area contributed by atoms with Crippen molar-refractivity contribution < 1.29 is 4.79 Å². The number of benzene rings is 1. The molecule has 3 aromatic rings. The number of para-hydroxylation sites is 2. The molecule has 2 aromatic heterocycles. The van der Waals surface area contributed by atoms with E-state index in [0.717, 1.165) is 48.7 Å². The predicted molar refractivity (Wildman–Crippen MR) is 103 cm³/mol. The number of hydrogen-bond donors (Lipinski definition) is 1. The topological polar surface area (TPSA) is 71.2 Å². The molecule has 0 radical (unpaired) electrons. The standard InChI is InChI=1S/C19H25N7O/c1-23(2)19(27)20-11-14-10-15-12-25(8-9-26(15)22-14)13-18-21-16-6-4-5-7-17(16)24(18)3/h4-7,10H,8-9,11-13H2,1-3H3,(H,20,27). The Hall–Kier alpha value is -2.87. The summed E-state index contributed by atoms with van der Waals surface area (Å²) in [4.78, 5) is 20.4. The summed E-state index contributed by atoms with van der Waals surface area (Å²) in [7, 11) is 5.53. The minimum atomic E-state index is -0.107. The van der Waals surface area contributed by atoms with Gasteiger partial charge in [0.15, 0.2) is 0 Å². The molecule has 0 aliphatic carbocycles. The molecule has 4 rings (SSSR count). The second-order valence-corrected chi connectivity index (χ2v) is 7.19. The van der Waals surface area contributed by atoms with Crippen LogP contribution in [-0.2, 0) is 33.2 Å². The Balaban J connectivity index is 1.43. The van der Waals surface area contributed by atoms with Gasteiger partial charge in [-0.3, -0.25) is 9.58 Å². The summed E-state index contributed by atoms with van der Waals surface area (Å²) in [5.74, 6) is 1.07. The first-order valence-corrected chi connectivity index (χ1v) is 9.14. The zero-order chi connectivity index (χ0) is 19.0. The zero-order valence-corrected chi connectivity index (χ0v) is 16.0. The Morgan fingerprint density at radius 1 is 1.26 bits per heavy atom. The maximum atomic E-state index is 11.7. The smallest absolute Gasteiger partial charge is 0.317 e. The minimum Gasteiger partial charge on any atom is -0.332 e. The number of aromatic nitrogens is 4. The number of hydrogen-bond acceptors (Lipinski definition) is 4. The van der Waals surface area contributed by atoms with E-state index >= 15 is 0 Å². The lowest BCUT2D eigenvalue weighted by Gasteiger charge is -2.27. The minimum absolute atomic E-state index is 0.107. The van der Waals surface area contributed by atoms with Crippen LogP contribution in [0.1, 0.15) is 17.2 Å². The Kier molecular flexibility index (Phi) is 4.57. The molecule has 1 aromatic carbocycles. The SMILES string of the molecule is CN(C)C(=O)NCc1cc2n(n1)CCN(Cc1nc3ccccc3n1C)C2. The lowest BCUT2D eigenvalue weighted by atomic mass is 10.2. The summed E-state index contributed by atoms with van der Waals surface area (Å²) in [6.07, 6.45) is 0. The number of fused-ring (bicyclic) bond motifs is 2. The van der Waals surface area contributed by atoms with Crippen LogP contribution in [0, 0.1) is 0 Å². The number of carbonyl (C=O) groups excluding carboxylic acids is 1. The third kappa shape index (κ3) is 3.52. The summed E-state index contributed by atoms with van der Waals surface area (Å²) in [6, 6.07) is 10.2. The molecular formula is C19H25N7O. The van der Waals surface area contributed by atoms with Gasteiger partial charge in [0.25, 0.3) is 0 Å². The highest BCUT2D eigenvalue weighted by Gasteiger charge is 2.20. The number of urea groups is 1. The number of amides is 2. The fraction of sp³-hybridized carbons (Fsp3) is 0.421. The fourth-order valence-electron chi connectivity index (χ4n) is 3.46. The Morgan fingerprint density at radius 2 is 2.07 bits per heavy atom.